The van der Waals surface area contributed by atoms with Crippen molar-refractivity contribution in [1.82, 2.24) is 0 Å². The molecular formula is C28H49IO3. The van der Waals surface area contributed by atoms with Gasteiger partial charge in [0.25, 0.3) is 0 Å². The molecule has 0 aromatic heterocycles. The lowest BCUT2D eigenvalue weighted by atomic mass is 9.53. The second-order valence-corrected chi connectivity index (χ2v) is 13.3. The second-order valence-electron chi connectivity index (χ2n) is 12.5. The molecule has 1 N–H and O–H groups in total. The van der Waals surface area contributed by atoms with E-state index in [4.69, 9.17) is 9.84 Å². The van der Waals surface area contributed by atoms with Gasteiger partial charge in [-0.15, -0.1) is 0 Å². The van der Waals surface area contributed by atoms with Gasteiger partial charge < -0.3 is 9.84 Å². The third-order valence-electron chi connectivity index (χ3n) is 6.91. The molecule has 0 aliphatic rings. The number of halogens is 1. The number of aliphatic hydroxyl groups is 1. The van der Waals surface area contributed by atoms with Crippen LogP contribution in [0.4, 0.5) is 0 Å². The lowest BCUT2D eigenvalue weighted by molar-refractivity contribution is -0.156. The number of rotatable bonds is 12. The highest BCUT2D eigenvalue weighted by Crippen LogP contribution is 2.54. The average molecular weight is 561 g/mol. The Morgan fingerprint density at radius 1 is 0.969 bits per heavy atom. The molecule has 186 valence electrons. The molecule has 4 heteroatoms. The van der Waals surface area contributed by atoms with Crippen molar-refractivity contribution < 1.29 is 14.6 Å². The normalized spacial score (nSPS) is 15.9. The highest BCUT2D eigenvalue weighted by molar-refractivity contribution is 14.1. The van der Waals surface area contributed by atoms with Crippen molar-refractivity contribution >= 4 is 28.6 Å². The standard InChI is InChI=1S/C28H49IO3/c1-21(15-13-12-14-16-29)22(19-25(2,3)4)28(10,11)27(8,9)20-23(26(5,6)7)24(31)32-18-17-30/h12-15,22-23,30H,1,16-20H2,2-11H3/b14-12-,15-13-. The Balaban J connectivity index is 6.10. The van der Waals surface area contributed by atoms with Gasteiger partial charge in [0.1, 0.15) is 6.61 Å². The number of esters is 1. The Labute approximate surface area is 212 Å². The monoisotopic (exact) mass is 560 g/mol. The predicted octanol–water partition coefficient (Wildman–Crippen LogP) is 7.78. The van der Waals surface area contributed by atoms with E-state index in [2.05, 4.69) is 123 Å². The summed E-state index contributed by atoms with van der Waals surface area (Å²) in [6.45, 7) is 26.7. The van der Waals surface area contributed by atoms with Crippen molar-refractivity contribution in [2.45, 2.75) is 82.1 Å². The van der Waals surface area contributed by atoms with Crippen molar-refractivity contribution in [2.24, 2.45) is 33.5 Å². The minimum atomic E-state index is -0.256. The molecule has 0 aromatic carbocycles. The highest BCUT2D eigenvalue weighted by Gasteiger charge is 2.48. The summed E-state index contributed by atoms with van der Waals surface area (Å²) < 4.78 is 6.36. The van der Waals surface area contributed by atoms with Gasteiger partial charge in [-0.2, -0.15) is 0 Å². The molecule has 0 spiro atoms. The number of ether oxygens (including phenoxy) is 1. The van der Waals surface area contributed by atoms with Crippen LogP contribution < -0.4 is 0 Å². The zero-order valence-corrected chi connectivity index (χ0v) is 24.5. The van der Waals surface area contributed by atoms with E-state index in [9.17, 15) is 4.79 Å². The van der Waals surface area contributed by atoms with Crippen LogP contribution in [0.1, 0.15) is 82.1 Å². The molecular weight excluding hydrogens is 511 g/mol. The first-order valence-electron chi connectivity index (χ1n) is 11.8. The average Bonchev–Trinajstić information content (AvgIpc) is 2.63. The van der Waals surface area contributed by atoms with Gasteiger partial charge in [0.05, 0.1) is 12.5 Å². The molecule has 2 atom stereocenters. The molecule has 0 fully saturated rings. The largest absolute Gasteiger partial charge is 0.463 e. The third kappa shape index (κ3) is 10.1. The van der Waals surface area contributed by atoms with Gasteiger partial charge in [-0.05, 0) is 40.4 Å². The number of alkyl halides is 1. The maximum absolute atomic E-state index is 12.9. The van der Waals surface area contributed by atoms with Gasteiger partial charge in [-0.25, -0.2) is 0 Å². The molecule has 0 aliphatic carbocycles. The van der Waals surface area contributed by atoms with E-state index in [1.54, 1.807) is 0 Å². The van der Waals surface area contributed by atoms with Crippen LogP contribution in [-0.2, 0) is 9.53 Å². The molecule has 0 amide bonds. The highest BCUT2D eigenvalue weighted by atomic mass is 127. The molecule has 0 rings (SSSR count). The van der Waals surface area contributed by atoms with Crippen molar-refractivity contribution in [3.05, 3.63) is 36.5 Å². The number of carbonyl (C=O) groups excluding carboxylic acids is 1. The summed E-state index contributed by atoms with van der Waals surface area (Å²) in [4.78, 5) is 12.9. The van der Waals surface area contributed by atoms with Gasteiger partial charge in [0, 0.05) is 4.43 Å². The molecule has 0 bridgehead atoms. The topological polar surface area (TPSA) is 46.5 Å². The van der Waals surface area contributed by atoms with E-state index in [-0.39, 0.29) is 52.7 Å². The fraction of sp³-hybridized carbons (Fsp3) is 0.750. The molecule has 2 unspecified atom stereocenters. The van der Waals surface area contributed by atoms with Crippen LogP contribution >= 0.6 is 22.6 Å². The second kappa shape index (κ2) is 12.7. The molecule has 0 saturated carbocycles. The Morgan fingerprint density at radius 3 is 1.97 bits per heavy atom. The van der Waals surface area contributed by atoms with Crippen LogP contribution in [0, 0.1) is 33.5 Å². The first-order chi connectivity index (χ1) is 14.4. The van der Waals surface area contributed by atoms with E-state index in [0.29, 0.717) is 6.42 Å². The third-order valence-corrected chi connectivity index (χ3v) is 7.41. The Morgan fingerprint density at radius 2 is 1.53 bits per heavy atom. The first kappa shape index (κ1) is 31.4. The SMILES string of the molecule is C=C(/C=C\C=C/CI)C(CC(C)(C)C)C(C)(C)C(C)(C)CC(C(=O)OCCO)C(C)(C)C. The molecule has 3 nitrogen and oxygen atoms in total. The summed E-state index contributed by atoms with van der Waals surface area (Å²) >= 11 is 2.33. The van der Waals surface area contributed by atoms with E-state index < -0.39 is 0 Å². The van der Waals surface area contributed by atoms with E-state index >= 15 is 0 Å². The lowest BCUT2D eigenvalue weighted by Crippen LogP contribution is -2.45. The molecule has 32 heavy (non-hydrogen) atoms. The van der Waals surface area contributed by atoms with Crippen LogP contribution in [0.5, 0.6) is 0 Å². The van der Waals surface area contributed by atoms with Crippen molar-refractivity contribution in [2.75, 3.05) is 17.6 Å². The Kier molecular flexibility index (Phi) is 12.5. The van der Waals surface area contributed by atoms with Gasteiger partial charge in [-0.3, -0.25) is 4.79 Å². The van der Waals surface area contributed by atoms with E-state index in [1.165, 1.54) is 0 Å². The zero-order valence-electron chi connectivity index (χ0n) is 22.3. The molecule has 0 aliphatic heterocycles. The summed E-state index contributed by atoms with van der Waals surface area (Å²) in [5.41, 5.74) is 0.770. The molecule has 0 heterocycles. The maximum atomic E-state index is 12.9. The van der Waals surface area contributed by atoms with Gasteiger partial charge >= 0.3 is 5.97 Å². The Hall–Kier alpha value is -0.620. The van der Waals surface area contributed by atoms with Crippen LogP contribution in [0.15, 0.2) is 36.5 Å². The summed E-state index contributed by atoms with van der Waals surface area (Å²) in [5.74, 6) is -0.213. The van der Waals surface area contributed by atoms with Crippen LogP contribution in [0.3, 0.4) is 0 Å². The predicted molar refractivity (Wildman–Crippen MR) is 147 cm³/mol. The molecule has 0 aromatic rings. The summed E-state index contributed by atoms with van der Waals surface area (Å²) in [5, 5.41) is 9.11. The van der Waals surface area contributed by atoms with Crippen LogP contribution in [0.2, 0.25) is 0 Å². The van der Waals surface area contributed by atoms with Crippen molar-refractivity contribution in [3.63, 3.8) is 0 Å². The van der Waals surface area contributed by atoms with Crippen LogP contribution in [-0.4, -0.2) is 28.7 Å². The van der Waals surface area contributed by atoms with Crippen molar-refractivity contribution in [3.8, 4) is 0 Å². The first-order valence-corrected chi connectivity index (χ1v) is 13.3. The molecule has 0 saturated heterocycles. The van der Waals surface area contributed by atoms with E-state index in [0.717, 1.165) is 16.4 Å². The molecule has 0 radical (unpaired) electrons. The van der Waals surface area contributed by atoms with Crippen LogP contribution in [0.25, 0.3) is 0 Å². The summed E-state index contributed by atoms with van der Waals surface area (Å²) in [6, 6.07) is 0. The quantitative estimate of drug-likeness (QED) is 0.115. The number of allylic oxidation sites excluding steroid dienone is 5. The smallest absolute Gasteiger partial charge is 0.309 e. The van der Waals surface area contributed by atoms with Gasteiger partial charge in [0.15, 0.2) is 0 Å². The minimum absolute atomic E-state index is 0.0498. The fourth-order valence-electron chi connectivity index (χ4n) is 4.12. The number of hydrogen-bond acceptors (Lipinski definition) is 3. The Bertz CT molecular complexity index is 657. The summed E-state index contributed by atoms with van der Waals surface area (Å²) in [7, 11) is 0. The zero-order chi connectivity index (χ0) is 25.4. The maximum Gasteiger partial charge on any atom is 0.309 e. The number of carbonyl (C=O) groups is 1. The number of aliphatic hydroxyl groups excluding tert-OH is 1. The fourth-order valence-corrected chi connectivity index (χ4v) is 4.42. The van der Waals surface area contributed by atoms with Crippen molar-refractivity contribution in [1.29, 1.82) is 0 Å². The lowest BCUT2D eigenvalue weighted by Gasteiger charge is -2.51. The van der Waals surface area contributed by atoms with E-state index in [1.807, 2.05) is 0 Å². The van der Waals surface area contributed by atoms with Gasteiger partial charge in [-0.1, -0.05) is 128 Å². The number of hydrogen-bond donors (Lipinski definition) is 1. The minimum Gasteiger partial charge on any atom is -0.463 e. The summed E-state index contributed by atoms with van der Waals surface area (Å²) in [6.07, 6.45) is 10.2. The van der Waals surface area contributed by atoms with Gasteiger partial charge in [0.2, 0.25) is 0 Å².